The summed E-state index contributed by atoms with van der Waals surface area (Å²) in [6.07, 6.45) is 0.991. The van der Waals surface area contributed by atoms with Crippen LogP contribution in [0.4, 0.5) is 20.6 Å². The summed E-state index contributed by atoms with van der Waals surface area (Å²) in [5.74, 6) is -0.369. The standard InChI is InChI=1S/C26H26FN5O2S2/c1-17(35)28-15-21-16-32(26(33)34-21)20-6-7-24(22(27)13-20)30-8-10-31(11-9-30)25(36)19-12-18-4-2-3-5-23(18)29-14-19/h2-7,12-14,21H,8-11,15-16H2,1H3,(H,28,35). The van der Waals surface area contributed by atoms with Gasteiger partial charge >= 0.3 is 6.09 Å². The quantitative estimate of drug-likeness (QED) is 0.501. The van der Waals surface area contributed by atoms with E-state index in [4.69, 9.17) is 29.2 Å². The number of piperazine rings is 1. The first-order valence-corrected chi connectivity index (χ1v) is 12.6. The Labute approximate surface area is 219 Å². The van der Waals surface area contributed by atoms with Crippen molar-refractivity contribution >= 4 is 62.8 Å². The van der Waals surface area contributed by atoms with Crippen molar-refractivity contribution < 1.29 is 13.9 Å². The van der Waals surface area contributed by atoms with Crippen LogP contribution in [-0.4, -0.2) is 71.3 Å². The minimum atomic E-state index is -0.485. The van der Waals surface area contributed by atoms with Crippen molar-refractivity contribution in [3.05, 3.63) is 66.1 Å². The second-order valence-corrected chi connectivity index (χ2v) is 9.88. The summed E-state index contributed by atoms with van der Waals surface area (Å²) in [6, 6.07) is 14.9. The number of hydrogen-bond donors (Lipinski definition) is 1. The highest BCUT2D eigenvalue weighted by Crippen LogP contribution is 2.29. The molecule has 2 aliphatic rings. The highest BCUT2D eigenvalue weighted by Gasteiger charge is 2.33. The van der Waals surface area contributed by atoms with Gasteiger partial charge in [-0.3, -0.25) is 9.88 Å². The number of anilines is 2. The van der Waals surface area contributed by atoms with E-state index in [1.165, 1.54) is 11.0 Å². The zero-order valence-electron chi connectivity index (χ0n) is 19.8. The van der Waals surface area contributed by atoms with E-state index in [1.807, 2.05) is 35.4 Å². The maximum atomic E-state index is 15.1. The number of nitrogens with one attached hydrogen (secondary N) is 1. The molecule has 7 nitrogen and oxygen atoms in total. The molecule has 10 heteroatoms. The molecule has 1 amide bonds. The summed E-state index contributed by atoms with van der Waals surface area (Å²) in [7, 11) is 0. The largest absolute Gasteiger partial charge is 0.442 e. The summed E-state index contributed by atoms with van der Waals surface area (Å²) < 4.78 is 20.5. The second-order valence-electron chi connectivity index (χ2n) is 8.89. The number of carbonyl (C=O) groups is 1. The minimum Gasteiger partial charge on any atom is -0.442 e. The first-order chi connectivity index (χ1) is 17.4. The number of nitrogens with zero attached hydrogens (tertiary/aromatic N) is 4. The molecule has 2 aliphatic heterocycles. The van der Waals surface area contributed by atoms with Crippen LogP contribution in [0, 0.1) is 5.82 Å². The van der Waals surface area contributed by atoms with Crippen molar-refractivity contribution in [3.63, 3.8) is 0 Å². The molecule has 0 bridgehead atoms. The number of hydrogen-bond acceptors (Lipinski definition) is 6. The van der Waals surface area contributed by atoms with Crippen LogP contribution in [0.25, 0.3) is 10.9 Å². The van der Waals surface area contributed by atoms with Crippen LogP contribution in [0.3, 0.4) is 0 Å². The zero-order valence-corrected chi connectivity index (χ0v) is 21.4. The molecule has 1 unspecified atom stereocenters. The normalized spacial score (nSPS) is 17.9. The van der Waals surface area contributed by atoms with Gasteiger partial charge in [-0.15, -0.1) is 0 Å². The number of amides is 1. The Hall–Kier alpha value is -3.37. The van der Waals surface area contributed by atoms with E-state index in [0.717, 1.165) is 21.5 Å². The number of benzene rings is 2. The SMILES string of the molecule is CC(=S)NCC1CN(c2ccc(N3CCN(C(=S)c4cnc5ccccc5c4)CC3)c(F)c2)C(=O)O1. The van der Waals surface area contributed by atoms with Crippen molar-refractivity contribution in [1.29, 1.82) is 0 Å². The van der Waals surface area contributed by atoms with E-state index in [2.05, 4.69) is 21.3 Å². The van der Waals surface area contributed by atoms with E-state index in [0.29, 0.717) is 55.6 Å². The maximum absolute atomic E-state index is 15.1. The van der Waals surface area contributed by atoms with Crippen LogP contribution in [0.5, 0.6) is 0 Å². The van der Waals surface area contributed by atoms with Crippen LogP contribution in [-0.2, 0) is 4.74 Å². The molecule has 2 aromatic carbocycles. The molecule has 0 saturated carbocycles. The molecule has 3 heterocycles. The number of fused-ring (bicyclic) bond motifs is 1. The molecule has 5 rings (SSSR count). The van der Waals surface area contributed by atoms with Gasteiger partial charge in [0.05, 0.1) is 35.0 Å². The van der Waals surface area contributed by atoms with E-state index in [-0.39, 0.29) is 11.9 Å². The van der Waals surface area contributed by atoms with Crippen molar-refractivity contribution in [3.8, 4) is 0 Å². The molecule has 2 fully saturated rings. The van der Waals surface area contributed by atoms with E-state index >= 15 is 4.39 Å². The van der Waals surface area contributed by atoms with Crippen molar-refractivity contribution in [2.45, 2.75) is 13.0 Å². The molecule has 0 spiro atoms. The smallest absolute Gasteiger partial charge is 0.414 e. The molecule has 1 atom stereocenters. The number of rotatable bonds is 5. The number of para-hydroxylation sites is 1. The third kappa shape index (κ3) is 5.10. The molecule has 1 aromatic heterocycles. The molecular formula is C26H26FN5O2S2. The molecule has 0 radical (unpaired) electrons. The van der Waals surface area contributed by atoms with Crippen molar-refractivity contribution in [1.82, 2.24) is 15.2 Å². The molecule has 186 valence electrons. The molecule has 2 saturated heterocycles. The number of cyclic esters (lactones) is 1. The van der Waals surface area contributed by atoms with Gasteiger partial charge in [-0.2, -0.15) is 0 Å². The van der Waals surface area contributed by atoms with Crippen LogP contribution >= 0.6 is 24.4 Å². The Bertz CT molecular complexity index is 1330. The molecule has 0 aliphatic carbocycles. The predicted octanol–water partition coefficient (Wildman–Crippen LogP) is 4.13. The first-order valence-electron chi connectivity index (χ1n) is 11.8. The lowest BCUT2D eigenvalue weighted by Crippen LogP contribution is -2.48. The predicted molar refractivity (Wildman–Crippen MR) is 148 cm³/mol. The highest BCUT2D eigenvalue weighted by molar-refractivity contribution is 7.80. The minimum absolute atomic E-state index is 0.340. The van der Waals surface area contributed by atoms with Crippen molar-refractivity contribution in [2.24, 2.45) is 0 Å². The summed E-state index contributed by atoms with van der Waals surface area (Å²) in [5.41, 5.74) is 2.84. The van der Waals surface area contributed by atoms with Gasteiger partial charge in [-0.05, 0) is 37.3 Å². The van der Waals surface area contributed by atoms with E-state index in [9.17, 15) is 4.79 Å². The van der Waals surface area contributed by atoms with Gasteiger partial charge in [0.2, 0.25) is 0 Å². The van der Waals surface area contributed by atoms with Gasteiger partial charge < -0.3 is 19.9 Å². The van der Waals surface area contributed by atoms with Gasteiger partial charge in [-0.25, -0.2) is 9.18 Å². The number of pyridine rings is 1. The fraction of sp³-hybridized carbons (Fsp3) is 0.308. The average molecular weight is 524 g/mol. The van der Waals surface area contributed by atoms with Crippen LogP contribution in [0.2, 0.25) is 0 Å². The van der Waals surface area contributed by atoms with Crippen LogP contribution in [0.15, 0.2) is 54.7 Å². The Kier molecular flexibility index (Phi) is 6.97. The van der Waals surface area contributed by atoms with Crippen LogP contribution in [0.1, 0.15) is 12.5 Å². The zero-order chi connectivity index (χ0) is 25.2. The number of ether oxygens (including phenoxy) is 1. The fourth-order valence-electron chi connectivity index (χ4n) is 4.54. The van der Waals surface area contributed by atoms with Gasteiger partial charge in [0.15, 0.2) is 0 Å². The van der Waals surface area contributed by atoms with E-state index < -0.39 is 6.09 Å². The Balaban J connectivity index is 1.21. The molecular weight excluding hydrogens is 497 g/mol. The lowest BCUT2D eigenvalue weighted by atomic mass is 10.1. The van der Waals surface area contributed by atoms with Gasteiger partial charge in [-0.1, -0.05) is 42.6 Å². The third-order valence-electron chi connectivity index (χ3n) is 6.44. The Morgan fingerprint density at radius 2 is 1.92 bits per heavy atom. The lowest BCUT2D eigenvalue weighted by Gasteiger charge is -2.37. The highest BCUT2D eigenvalue weighted by atomic mass is 32.1. The summed E-state index contributed by atoms with van der Waals surface area (Å²) in [4.78, 5) is 23.8. The molecule has 3 aromatic rings. The number of aromatic nitrogens is 1. The Morgan fingerprint density at radius 3 is 2.67 bits per heavy atom. The monoisotopic (exact) mass is 523 g/mol. The lowest BCUT2D eigenvalue weighted by molar-refractivity contribution is 0.143. The number of thiocarbonyl (C=S) groups is 2. The molecule has 36 heavy (non-hydrogen) atoms. The topological polar surface area (TPSA) is 60.9 Å². The molecule has 1 N–H and O–H groups in total. The summed E-state index contributed by atoms with van der Waals surface area (Å²) >= 11 is 10.8. The first kappa shape index (κ1) is 24.3. The van der Waals surface area contributed by atoms with Gasteiger partial charge in [0, 0.05) is 43.3 Å². The van der Waals surface area contributed by atoms with E-state index in [1.54, 1.807) is 19.1 Å². The average Bonchev–Trinajstić information content (AvgIpc) is 3.27. The Morgan fingerprint density at radius 1 is 1.14 bits per heavy atom. The van der Waals surface area contributed by atoms with Gasteiger partial charge in [0.25, 0.3) is 0 Å². The number of carbonyl (C=O) groups excluding carboxylic acids is 1. The summed E-state index contributed by atoms with van der Waals surface area (Å²) in [5, 5.41) is 4.06. The fourth-order valence-corrected chi connectivity index (χ4v) is 4.91. The van der Waals surface area contributed by atoms with Crippen LogP contribution < -0.4 is 15.1 Å². The van der Waals surface area contributed by atoms with Gasteiger partial charge in [0.1, 0.15) is 16.9 Å². The third-order valence-corrected chi connectivity index (χ3v) is 7.08. The summed E-state index contributed by atoms with van der Waals surface area (Å²) in [6.45, 7) is 5.17. The number of halogens is 1. The van der Waals surface area contributed by atoms with Crippen molar-refractivity contribution in [2.75, 3.05) is 49.1 Å². The second kappa shape index (κ2) is 10.3. The maximum Gasteiger partial charge on any atom is 0.414 e.